The quantitative estimate of drug-likeness (QED) is 0.819. The number of carbonyl (C=O) groups excluding carboxylic acids is 1. The van der Waals surface area contributed by atoms with Gasteiger partial charge in [0.1, 0.15) is 5.60 Å². The number of rotatable bonds is 4. The summed E-state index contributed by atoms with van der Waals surface area (Å²) < 4.78 is 5.17. The van der Waals surface area contributed by atoms with Crippen molar-refractivity contribution in [3.63, 3.8) is 0 Å². The van der Waals surface area contributed by atoms with Gasteiger partial charge in [0, 0.05) is 18.5 Å². The molecule has 22 heavy (non-hydrogen) atoms. The lowest BCUT2D eigenvalue weighted by molar-refractivity contribution is 0.0530. The van der Waals surface area contributed by atoms with E-state index in [0.29, 0.717) is 18.1 Å². The van der Waals surface area contributed by atoms with Crippen LogP contribution in [0.4, 0.5) is 10.5 Å². The summed E-state index contributed by atoms with van der Waals surface area (Å²) in [5.74, 6) is 0. The van der Waals surface area contributed by atoms with Gasteiger partial charge in [0.05, 0.1) is 10.7 Å². The van der Waals surface area contributed by atoms with Gasteiger partial charge in [-0.3, -0.25) is 0 Å². The number of carbonyl (C=O) groups is 1. The summed E-state index contributed by atoms with van der Waals surface area (Å²) >= 11 is 6.40. The standard InChI is InChI=1S/C17H21ClN2O2/c1-17(2,3)22-16(21)20-11-10-19-14-9-8-12-6-4-5-7-13(12)15(14)18/h4-9,19H,10-11H2,1-3H3,(H,20,21). The van der Waals surface area contributed by atoms with Crippen molar-refractivity contribution in [1.82, 2.24) is 5.32 Å². The van der Waals surface area contributed by atoms with E-state index in [-0.39, 0.29) is 0 Å². The minimum Gasteiger partial charge on any atom is -0.444 e. The van der Waals surface area contributed by atoms with E-state index >= 15 is 0 Å². The summed E-state index contributed by atoms with van der Waals surface area (Å²) in [5.41, 5.74) is 0.366. The number of hydrogen-bond donors (Lipinski definition) is 2. The fourth-order valence-corrected chi connectivity index (χ4v) is 2.35. The van der Waals surface area contributed by atoms with Crippen molar-refractivity contribution in [3.05, 3.63) is 41.4 Å². The topological polar surface area (TPSA) is 50.4 Å². The van der Waals surface area contributed by atoms with Crippen LogP contribution in [-0.2, 0) is 4.74 Å². The summed E-state index contributed by atoms with van der Waals surface area (Å²) in [7, 11) is 0. The number of halogens is 1. The summed E-state index contributed by atoms with van der Waals surface area (Å²) in [6.07, 6.45) is -0.418. The Morgan fingerprint density at radius 3 is 2.59 bits per heavy atom. The number of amides is 1. The van der Waals surface area contributed by atoms with Crippen LogP contribution in [0.5, 0.6) is 0 Å². The van der Waals surface area contributed by atoms with E-state index in [0.717, 1.165) is 16.5 Å². The first-order valence-electron chi connectivity index (χ1n) is 7.25. The maximum atomic E-state index is 11.5. The van der Waals surface area contributed by atoms with Crippen LogP contribution < -0.4 is 10.6 Å². The Morgan fingerprint density at radius 1 is 1.14 bits per heavy atom. The van der Waals surface area contributed by atoms with E-state index < -0.39 is 11.7 Å². The van der Waals surface area contributed by atoms with E-state index in [9.17, 15) is 4.79 Å². The minimum absolute atomic E-state index is 0.418. The molecule has 118 valence electrons. The molecular formula is C17H21ClN2O2. The van der Waals surface area contributed by atoms with E-state index in [2.05, 4.69) is 10.6 Å². The van der Waals surface area contributed by atoms with Crippen molar-refractivity contribution in [1.29, 1.82) is 0 Å². The molecule has 2 N–H and O–H groups in total. The van der Waals surface area contributed by atoms with Gasteiger partial charge in [0.2, 0.25) is 0 Å². The summed E-state index contributed by atoms with van der Waals surface area (Å²) in [4.78, 5) is 11.5. The van der Waals surface area contributed by atoms with Crippen molar-refractivity contribution in [2.45, 2.75) is 26.4 Å². The Morgan fingerprint density at radius 2 is 1.86 bits per heavy atom. The zero-order valence-electron chi connectivity index (χ0n) is 13.1. The zero-order valence-corrected chi connectivity index (χ0v) is 13.8. The SMILES string of the molecule is CC(C)(C)OC(=O)NCCNc1ccc2ccccc2c1Cl. The highest BCUT2D eigenvalue weighted by Gasteiger charge is 2.15. The van der Waals surface area contributed by atoms with E-state index in [1.54, 1.807) is 0 Å². The molecule has 0 bridgehead atoms. The normalized spacial score (nSPS) is 11.3. The number of benzene rings is 2. The minimum atomic E-state index is -0.487. The van der Waals surface area contributed by atoms with Crippen LogP contribution in [0.15, 0.2) is 36.4 Å². The third-order valence-electron chi connectivity index (χ3n) is 2.97. The van der Waals surface area contributed by atoms with Gasteiger partial charge in [-0.2, -0.15) is 0 Å². The number of fused-ring (bicyclic) bond motifs is 1. The third-order valence-corrected chi connectivity index (χ3v) is 3.38. The smallest absolute Gasteiger partial charge is 0.407 e. The average molecular weight is 321 g/mol. The predicted octanol–water partition coefficient (Wildman–Crippen LogP) is 4.43. The molecule has 5 heteroatoms. The molecule has 0 unspecified atom stereocenters. The Kier molecular flexibility index (Phi) is 5.14. The van der Waals surface area contributed by atoms with Gasteiger partial charge in [0.15, 0.2) is 0 Å². The Bertz CT molecular complexity index is 665. The van der Waals surface area contributed by atoms with Crippen LogP contribution in [0.25, 0.3) is 10.8 Å². The number of anilines is 1. The maximum Gasteiger partial charge on any atom is 0.407 e. The lowest BCUT2D eigenvalue weighted by Gasteiger charge is -2.19. The molecule has 0 aliphatic heterocycles. The first kappa shape index (κ1) is 16.4. The number of ether oxygens (including phenoxy) is 1. The molecule has 2 aromatic carbocycles. The molecular weight excluding hydrogens is 300 g/mol. The molecule has 0 aliphatic carbocycles. The van der Waals surface area contributed by atoms with Gasteiger partial charge in [-0.15, -0.1) is 0 Å². The Balaban J connectivity index is 1.88. The van der Waals surface area contributed by atoms with Crippen LogP contribution in [-0.4, -0.2) is 24.8 Å². The molecule has 2 rings (SSSR count). The first-order chi connectivity index (χ1) is 10.4. The van der Waals surface area contributed by atoms with Crippen molar-refractivity contribution in [3.8, 4) is 0 Å². The van der Waals surface area contributed by atoms with E-state index in [1.807, 2.05) is 57.2 Å². The Hall–Kier alpha value is -1.94. The van der Waals surface area contributed by atoms with Gasteiger partial charge in [-0.25, -0.2) is 4.79 Å². The third kappa shape index (κ3) is 4.53. The predicted molar refractivity (Wildman–Crippen MR) is 91.7 cm³/mol. The molecule has 2 aromatic rings. The maximum absolute atomic E-state index is 11.5. The van der Waals surface area contributed by atoms with E-state index in [4.69, 9.17) is 16.3 Å². The molecule has 0 aliphatic rings. The highest BCUT2D eigenvalue weighted by molar-refractivity contribution is 6.38. The summed E-state index contributed by atoms with van der Waals surface area (Å²) in [6, 6.07) is 11.9. The summed E-state index contributed by atoms with van der Waals surface area (Å²) in [6.45, 7) is 6.52. The highest BCUT2D eigenvalue weighted by atomic mass is 35.5. The fraction of sp³-hybridized carbons (Fsp3) is 0.353. The molecule has 0 saturated heterocycles. The molecule has 0 fully saturated rings. The largest absolute Gasteiger partial charge is 0.444 e. The second-order valence-electron chi connectivity index (χ2n) is 6.00. The number of nitrogens with one attached hydrogen (secondary N) is 2. The molecule has 0 aromatic heterocycles. The van der Waals surface area contributed by atoms with Crippen molar-refractivity contribution < 1.29 is 9.53 Å². The lowest BCUT2D eigenvalue weighted by Crippen LogP contribution is -2.35. The lowest BCUT2D eigenvalue weighted by atomic mass is 10.1. The second-order valence-corrected chi connectivity index (χ2v) is 6.38. The van der Waals surface area contributed by atoms with Crippen molar-refractivity contribution in [2.75, 3.05) is 18.4 Å². The molecule has 0 heterocycles. The van der Waals surface area contributed by atoms with Crippen LogP contribution in [0.3, 0.4) is 0 Å². The van der Waals surface area contributed by atoms with Gasteiger partial charge >= 0.3 is 6.09 Å². The number of hydrogen-bond acceptors (Lipinski definition) is 3. The second kappa shape index (κ2) is 6.88. The zero-order chi connectivity index (χ0) is 16.2. The summed E-state index contributed by atoms with van der Waals surface area (Å²) in [5, 5.41) is 8.72. The highest BCUT2D eigenvalue weighted by Crippen LogP contribution is 2.30. The van der Waals surface area contributed by atoms with Crippen molar-refractivity contribution in [2.24, 2.45) is 0 Å². The number of alkyl carbamates (subject to hydrolysis) is 1. The van der Waals surface area contributed by atoms with Crippen LogP contribution in [0.1, 0.15) is 20.8 Å². The monoisotopic (exact) mass is 320 g/mol. The van der Waals surface area contributed by atoms with Crippen LogP contribution in [0, 0.1) is 0 Å². The molecule has 4 nitrogen and oxygen atoms in total. The van der Waals surface area contributed by atoms with Gasteiger partial charge in [0.25, 0.3) is 0 Å². The molecule has 0 atom stereocenters. The first-order valence-corrected chi connectivity index (χ1v) is 7.62. The molecule has 1 amide bonds. The fourth-order valence-electron chi connectivity index (χ4n) is 2.05. The van der Waals surface area contributed by atoms with Crippen molar-refractivity contribution >= 4 is 34.2 Å². The van der Waals surface area contributed by atoms with Crippen LogP contribution >= 0.6 is 11.6 Å². The molecule has 0 spiro atoms. The average Bonchev–Trinajstić information content (AvgIpc) is 2.44. The van der Waals surface area contributed by atoms with Gasteiger partial charge in [-0.1, -0.05) is 41.9 Å². The van der Waals surface area contributed by atoms with Gasteiger partial charge < -0.3 is 15.4 Å². The van der Waals surface area contributed by atoms with E-state index in [1.165, 1.54) is 0 Å². The van der Waals surface area contributed by atoms with Gasteiger partial charge in [-0.05, 0) is 32.2 Å². The van der Waals surface area contributed by atoms with Crippen LogP contribution in [0.2, 0.25) is 5.02 Å². The molecule has 0 saturated carbocycles. The Labute approximate surface area is 135 Å². The molecule has 0 radical (unpaired) electrons.